The Morgan fingerprint density at radius 3 is 2.64 bits per heavy atom. The maximum Gasteiger partial charge on any atom is 0.266 e. The van der Waals surface area contributed by atoms with Gasteiger partial charge in [0.2, 0.25) is 0 Å². The van der Waals surface area contributed by atoms with Gasteiger partial charge in [0.1, 0.15) is 5.75 Å². The van der Waals surface area contributed by atoms with Crippen molar-refractivity contribution in [2.45, 2.75) is 13.8 Å². The second kappa shape index (κ2) is 7.15. The van der Waals surface area contributed by atoms with E-state index in [1.54, 1.807) is 19.1 Å². The van der Waals surface area contributed by atoms with Crippen molar-refractivity contribution in [1.29, 1.82) is 0 Å². The van der Waals surface area contributed by atoms with E-state index in [2.05, 4.69) is 18.8 Å². The number of rotatable bonds is 3. The highest BCUT2D eigenvalue weighted by atomic mass is 32.2. The van der Waals surface area contributed by atoms with Crippen molar-refractivity contribution >= 4 is 34.6 Å². The minimum Gasteiger partial charge on any atom is -0.497 e. The van der Waals surface area contributed by atoms with Gasteiger partial charge in [0, 0.05) is 7.05 Å². The predicted molar refractivity (Wildman–Crippen MR) is 104 cm³/mol. The summed E-state index contributed by atoms with van der Waals surface area (Å²) in [5, 5.41) is 0.683. The topological polar surface area (TPSA) is 41.9 Å². The van der Waals surface area contributed by atoms with Crippen molar-refractivity contribution in [1.82, 2.24) is 4.90 Å². The molecule has 0 unspecified atom stereocenters. The summed E-state index contributed by atoms with van der Waals surface area (Å²) in [6, 6.07) is 13.7. The smallest absolute Gasteiger partial charge is 0.266 e. The van der Waals surface area contributed by atoms with Gasteiger partial charge in [0.25, 0.3) is 5.91 Å². The zero-order valence-electron chi connectivity index (χ0n) is 14.7. The lowest BCUT2D eigenvalue weighted by Gasteiger charge is -2.08. The van der Waals surface area contributed by atoms with Gasteiger partial charge in [-0.3, -0.25) is 9.69 Å². The van der Waals surface area contributed by atoms with Crippen molar-refractivity contribution < 1.29 is 9.53 Å². The summed E-state index contributed by atoms with van der Waals surface area (Å²) >= 11 is 1.39. The molecule has 0 bridgehead atoms. The number of hydrogen-bond acceptors (Lipinski definition) is 4. The third-order valence-corrected chi connectivity index (χ3v) is 5.17. The molecule has 1 heterocycles. The van der Waals surface area contributed by atoms with E-state index in [-0.39, 0.29) is 5.91 Å². The van der Waals surface area contributed by atoms with E-state index in [9.17, 15) is 4.79 Å². The van der Waals surface area contributed by atoms with Gasteiger partial charge in [-0.05, 0) is 72.6 Å². The van der Waals surface area contributed by atoms with Crippen LogP contribution in [0.25, 0.3) is 6.08 Å². The number of hydrogen-bond donors (Lipinski definition) is 0. The van der Waals surface area contributed by atoms with Crippen LogP contribution in [0.3, 0.4) is 0 Å². The van der Waals surface area contributed by atoms with Gasteiger partial charge in [-0.1, -0.05) is 18.2 Å². The van der Waals surface area contributed by atoms with Gasteiger partial charge >= 0.3 is 0 Å². The van der Waals surface area contributed by atoms with Crippen LogP contribution >= 0.6 is 11.8 Å². The molecule has 1 fully saturated rings. The van der Waals surface area contributed by atoms with E-state index in [1.165, 1.54) is 22.9 Å². The third kappa shape index (κ3) is 3.77. The van der Waals surface area contributed by atoms with E-state index < -0.39 is 0 Å². The van der Waals surface area contributed by atoms with Crippen molar-refractivity contribution in [3.63, 3.8) is 0 Å². The van der Waals surface area contributed by atoms with Crippen LogP contribution in [0.15, 0.2) is 52.4 Å². The van der Waals surface area contributed by atoms with Crippen LogP contribution in [0.2, 0.25) is 0 Å². The molecule has 3 rings (SSSR count). The first-order valence-electron chi connectivity index (χ1n) is 7.95. The van der Waals surface area contributed by atoms with Gasteiger partial charge in [-0.25, -0.2) is 4.99 Å². The van der Waals surface area contributed by atoms with Crippen molar-refractivity contribution in [3.05, 3.63) is 64.1 Å². The molecule has 1 saturated heterocycles. The highest BCUT2D eigenvalue weighted by Crippen LogP contribution is 2.33. The molecule has 0 atom stereocenters. The maximum atomic E-state index is 12.5. The summed E-state index contributed by atoms with van der Waals surface area (Å²) in [4.78, 5) is 19.4. The predicted octanol–water partition coefficient (Wildman–Crippen LogP) is 4.55. The number of benzene rings is 2. The normalized spacial score (nSPS) is 17.6. The minimum atomic E-state index is -0.0459. The Kier molecular flexibility index (Phi) is 4.95. The van der Waals surface area contributed by atoms with Gasteiger partial charge in [0.05, 0.1) is 17.7 Å². The highest BCUT2D eigenvalue weighted by molar-refractivity contribution is 8.18. The number of ether oxygens (including phenoxy) is 1. The monoisotopic (exact) mass is 352 g/mol. The largest absolute Gasteiger partial charge is 0.497 e. The molecule has 1 aliphatic heterocycles. The van der Waals surface area contributed by atoms with Crippen LogP contribution in [0.1, 0.15) is 16.7 Å². The van der Waals surface area contributed by atoms with Gasteiger partial charge in [-0.15, -0.1) is 0 Å². The van der Waals surface area contributed by atoms with Crippen molar-refractivity contribution in [2.24, 2.45) is 4.99 Å². The molecule has 1 aliphatic rings. The molecule has 0 saturated carbocycles. The van der Waals surface area contributed by atoms with Crippen LogP contribution in [-0.2, 0) is 4.79 Å². The molecule has 0 spiro atoms. The quantitative estimate of drug-likeness (QED) is 0.761. The van der Waals surface area contributed by atoms with Crippen LogP contribution in [-0.4, -0.2) is 30.1 Å². The summed E-state index contributed by atoms with van der Waals surface area (Å²) in [5.41, 5.74) is 4.20. The molecule has 4 nitrogen and oxygen atoms in total. The van der Waals surface area contributed by atoms with Gasteiger partial charge in [-0.2, -0.15) is 0 Å². The molecule has 1 amide bonds. The third-order valence-electron chi connectivity index (χ3n) is 4.11. The van der Waals surface area contributed by atoms with Crippen molar-refractivity contribution in [2.75, 3.05) is 14.2 Å². The lowest BCUT2D eigenvalue weighted by atomic mass is 10.1. The first-order chi connectivity index (χ1) is 12.0. The van der Waals surface area contributed by atoms with Crippen LogP contribution in [0.4, 0.5) is 5.69 Å². The lowest BCUT2D eigenvalue weighted by Crippen LogP contribution is -2.23. The van der Waals surface area contributed by atoms with Gasteiger partial charge in [0.15, 0.2) is 5.17 Å². The molecule has 5 heteroatoms. The molecular formula is C20H20N2O2S. The number of aryl methyl sites for hydroxylation is 2. The average Bonchev–Trinajstić information content (AvgIpc) is 2.86. The Bertz CT molecular complexity index is 887. The number of amidine groups is 1. The molecule has 0 aliphatic carbocycles. The Morgan fingerprint density at radius 1 is 1.12 bits per heavy atom. The Morgan fingerprint density at radius 2 is 1.92 bits per heavy atom. The molecule has 0 radical (unpaired) electrons. The fourth-order valence-corrected chi connectivity index (χ4v) is 3.43. The minimum absolute atomic E-state index is 0.0459. The Labute approximate surface area is 152 Å². The summed E-state index contributed by atoms with van der Waals surface area (Å²) in [6.07, 6.45) is 1.87. The number of carbonyl (C=O) groups is 1. The van der Waals surface area contributed by atoms with Crippen LogP contribution < -0.4 is 4.74 Å². The number of aliphatic imine (C=N–C) groups is 1. The summed E-state index contributed by atoms with van der Waals surface area (Å²) < 4.78 is 5.23. The SMILES string of the molecule is COc1cccc(/C=C2\SC(=Nc3ccc(C)c(C)c3)N(C)C2=O)c1. The molecule has 128 valence electrons. The van der Waals surface area contributed by atoms with Crippen LogP contribution in [0.5, 0.6) is 5.75 Å². The van der Waals surface area contributed by atoms with E-state index in [4.69, 9.17) is 4.74 Å². The van der Waals surface area contributed by atoms with Crippen LogP contribution in [0, 0.1) is 13.8 Å². The van der Waals surface area contributed by atoms with E-state index in [0.29, 0.717) is 10.1 Å². The first-order valence-corrected chi connectivity index (χ1v) is 8.77. The number of thioether (sulfide) groups is 1. The molecule has 2 aromatic carbocycles. The number of nitrogens with zero attached hydrogens (tertiary/aromatic N) is 2. The van der Waals surface area contributed by atoms with E-state index in [1.807, 2.05) is 48.5 Å². The number of amides is 1. The highest BCUT2D eigenvalue weighted by Gasteiger charge is 2.30. The molecule has 0 aromatic heterocycles. The average molecular weight is 352 g/mol. The molecular weight excluding hydrogens is 332 g/mol. The zero-order valence-corrected chi connectivity index (χ0v) is 15.6. The number of methoxy groups -OCH3 is 1. The van der Waals surface area contributed by atoms with Gasteiger partial charge < -0.3 is 4.74 Å². The number of carbonyl (C=O) groups excluding carboxylic acids is 1. The Balaban J connectivity index is 1.89. The van der Waals surface area contributed by atoms with E-state index in [0.717, 1.165) is 17.0 Å². The summed E-state index contributed by atoms with van der Waals surface area (Å²) in [5.74, 6) is 0.720. The number of likely N-dealkylation sites (N-methyl/N-ethyl adjacent to an activating group) is 1. The standard InChI is InChI=1S/C20H20N2O2S/c1-13-8-9-16(10-14(13)2)21-20-22(3)19(23)18(25-20)12-15-6-5-7-17(11-15)24-4/h5-12H,1-4H3/b18-12-,21-20?. The summed E-state index contributed by atoms with van der Waals surface area (Å²) in [7, 11) is 3.38. The second-order valence-electron chi connectivity index (χ2n) is 5.91. The fourth-order valence-electron chi connectivity index (χ4n) is 2.44. The van der Waals surface area contributed by atoms with E-state index >= 15 is 0 Å². The molecule has 2 aromatic rings. The Hall–Kier alpha value is -2.53. The second-order valence-corrected chi connectivity index (χ2v) is 6.92. The summed E-state index contributed by atoms with van der Waals surface area (Å²) in [6.45, 7) is 4.13. The fraction of sp³-hybridized carbons (Fsp3) is 0.200. The molecule has 0 N–H and O–H groups in total. The maximum absolute atomic E-state index is 12.5. The zero-order chi connectivity index (χ0) is 18.0. The first kappa shape index (κ1) is 17.3. The van der Waals surface area contributed by atoms with Crippen molar-refractivity contribution in [3.8, 4) is 5.75 Å². The lowest BCUT2D eigenvalue weighted by molar-refractivity contribution is -0.121. The molecule has 25 heavy (non-hydrogen) atoms.